The molecule has 1 aromatic heterocycles. The van der Waals surface area contributed by atoms with Crippen LogP contribution >= 0.6 is 0 Å². The molecular formula is C20H12F3NO2. The quantitative estimate of drug-likeness (QED) is 0.516. The van der Waals surface area contributed by atoms with E-state index in [0.717, 1.165) is 33.9 Å². The highest BCUT2D eigenvalue weighted by Crippen LogP contribution is 2.34. The summed E-state index contributed by atoms with van der Waals surface area (Å²) >= 11 is 0. The van der Waals surface area contributed by atoms with Crippen LogP contribution in [0.1, 0.15) is 15.9 Å². The number of aromatic nitrogens is 1. The van der Waals surface area contributed by atoms with Gasteiger partial charge in [0.25, 0.3) is 0 Å². The Morgan fingerprint density at radius 1 is 0.846 bits per heavy atom. The second-order valence-electron chi connectivity index (χ2n) is 5.93. The fraction of sp³-hybridized carbons (Fsp3) is 0.0500. The van der Waals surface area contributed by atoms with Crippen molar-refractivity contribution < 1.29 is 23.1 Å². The molecule has 0 saturated carbocycles. The van der Waals surface area contributed by atoms with Gasteiger partial charge in [-0.1, -0.05) is 18.2 Å². The molecule has 6 heteroatoms. The maximum absolute atomic E-state index is 12.8. The van der Waals surface area contributed by atoms with Crippen LogP contribution in [0, 0.1) is 0 Å². The molecule has 0 spiro atoms. The Morgan fingerprint density at radius 3 is 2.15 bits per heavy atom. The standard InChI is InChI=1S/C20H12F3NO2/c21-20(22,23)13-6-8-14(9-7-13)24-17-4-2-1-3-15(17)16-11-12(19(25)26)5-10-18(16)24/h1-11H,(H,25,26). The fourth-order valence-corrected chi connectivity index (χ4v) is 3.18. The molecule has 4 rings (SSSR count). The Balaban J connectivity index is 2.00. The zero-order valence-electron chi connectivity index (χ0n) is 13.3. The van der Waals surface area contributed by atoms with Crippen molar-refractivity contribution in [2.45, 2.75) is 6.18 Å². The number of nitrogens with zero attached hydrogens (tertiary/aromatic N) is 1. The van der Waals surface area contributed by atoms with Crippen LogP contribution in [-0.2, 0) is 6.18 Å². The topological polar surface area (TPSA) is 42.2 Å². The number of aromatic carboxylic acids is 1. The number of fused-ring (bicyclic) bond motifs is 3. The monoisotopic (exact) mass is 355 g/mol. The minimum absolute atomic E-state index is 0.160. The van der Waals surface area contributed by atoms with Gasteiger partial charge in [-0.05, 0) is 48.5 Å². The SMILES string of the molecule is O=C(O)c1ccc2c(c1)c1ccccc1n2-c1ccc(C(F)(F)F)cc1. The van der Waals surface area contributed by atoms with Gasteiger partial charge in [-0.15, -0.1) is 0 Å². The Hall–Kier alpha value is -3.28. The fourth-order valence-electron chi connectivity index (χ4n) is 3.18. The van der Waals surface area contributed by atoms with Gasteiger partial charge in [-0.2, -0.15) is 13.2 Å². The van der Waals surface area contributed by atoms with Crippen molar-refractivity contribution in [3.05, 3.63) is 77.9 Å². The second kappa shape index (κ2) is 5.62. The molecule has 0 saturated heterocycles. The van der Waals surface area contributed by atoms with Gasteiger partial charge in [0, 0.05) is 16.5 Å². The number of rotatable bonds is 2. The normalized spacial score (nSPS) is 12.0. The maximum Gasteiger partial charge on any atom is 0.416 e. The van der Waals surface area contributed by atoms with Gasteiger partial charge in [0.05, 0.1) is 22.2 Å². The number of para-hydroxylation sites is 1. The molecule has 0 fully saturated rings. The molecule has 3 nitrogen and oxygen atoms in total. The van der Waals surface area contributed by atoms with Crippen LogP contribution in [0.3, 0.4) is 0 Å². The molecule has 0 bridgehead atoms. The molecule has 0 amide bonds. The molecule has 130 valence electrons. The first kappa shape index (κ1) is 16.2. The van der Waals surface area contributed by atoms with Gasteiger partial charge in [-0.25, -0.2) is 4.79 Å². The summed E-state index contributed by atoms with van der Waals surface area (Å²) < 4.78 is 40.3. The molecule has 0 aliphatic rings. The smallest absolute Gasteiger partial charge is 0.416 e. The molecule has 0 unspecified atom stereocenters. The Kier molecular flexibility index (Phi) is 3.50. The predicted octanol–water partition coefficient (Wildman–Crippen LogP) is 5.50. The van der Waals surface area contributed by atoms with Crippen LogP contribution in [0.4, 0.5) is 13.2 Å². The lowest BCUT2D eigenvalue weighted by Gasteiger charge is -2.10. The zero-order valence-corrected chi connectivity index (χ0v) is 13.3. The highest BCUT2D eigenvalue weighted by Gasteiger charge is 2.30. The van der Waals surface area contributed by atoms with E-state index in [9.17, 15) is 23.1 Å². The minimum Gasteiger partial charge on any atom is -0.478 e. The van der Waals surface area contributed by atoms with E-state index in [1.807, 2.05) is 28.8 Å². The van der Waals surface area contributed by atoms with Gasteiger partial charge in [0.2, 0.25) is 0 Å². The van der Waals surface area contributed by atoms with E-state index in [-0.39, 0.29) is 5.56 Å². The summed E-state index contributed by atoms with van der Waals surface area (Å²) in [7, 11) is 0. The van der Waals surface area contributed by atoms with E-state index in [1.165, 1.54) is 18.2 Å². The summed E-state index contributed by atoms with van der Waals surface area (Å²) in [5.41, 5.74) is 1.55. The van der Waals surface area contributed by atoms with Crippen molar-refractivity contribution in [1.29, 1.82) is 0 Å². The Bertz CT molecular complexity index is 1140. The van der Waals surface area contributed by atoms with E-state index in [1.54, 1.807) is 12.1 Å². The molecule has 1 N–H and O–H groups in total. The minimum atomic E-state index is -4.39. The predicted molar refractivity (Wildman–Crippen MR) is 92.7 cm³/mol. The van der Waals surface area contributed by atoms with Gasteiger partial charge in [0.1, 0.15) is 0 Å². The molecule has 1 heterocycles. The Labute approximate surface area is 145 Å². The number of carboxylic acids is 1. The first-order valence-corrected chi connectivity index (χ1v) is 7.80. The number of hydrogen-bond acceptors (Lipinski definition) is 1. The summed E-state index contributed by atoms with van der Waals surface area (Å²) in [6, 6.07) is 17.1. The highest BCUT2D eigenvalue weighted by molar-refractivity contribution is 6.11. The van der Waals surface area contributed by atoms with Crippen LogP contribution in [-0.4, -0.2) is 15.6 Å². The van der Waals surface area contributed by atoms with Crippen molar-refractivity contribution in [2.24, 2.45) is 0 Å². The first-order valence-electron chi connectivity index (χ1n) is 7.80. The third kappa shape index (κ3) is 2.50. The van der Waals surface area contributed by atoms with Gasteiger partial charge < -0.3 is 9.67 Å². The second-order valence-corrected chi connectivity index (χ2v) is 5.93. The van der Waals surface area contributed by atoms with Crippen LogP contribution in [0.5, 0.6) is 0 Å². The zero-order chi connectivity index (χ0) is 18.5. The van der Waals surface area contributed by atoms with Crippen LogP contribution in [0.25, 0.3) is 27.5 Å². The van der Waals surface area contributed by atoms with Crippen molar-refractivity contribution in [2.75, 3.05) is 0 Å². The summed E-state index contributed by atoms with van der Waals surface area (Å²) in [4.78, 5) is 11.3. The van der Waals surface area contributed by atoms with E-state index in [4.69, 9.17) is 0 Å². The molecular weight excluding hydrogens is 343 g/mol. The van der Waals surface area contributed by atoms with Crippen LogP contribution in [0.2, 0.25) is 0 Å². The summed E-state index contributed by atoms with van der Waals surface area (Å²) in [6.45, 7) is 0. The summed E-state index contributed by atoms with van der Waals surface area (Å²) in [5.74, 6) is -1.03. The lowest BCUT2D eigenvalue weighted by Crippen LogP contribution is -2.05. The molecule has 26 heavy (non-hydrogen) atoms. The van der Waals surface area contributed by atoms with E-state index in [2.05, 4.69) is 0 Å². The van der Waals surface area contributed by atoms with Crippen LogP contribution < -0.4 is 0 Å². The first-order chi connectivity index (χ1) is 12.4. The summed E-state index contributed by atoms with van der Waals surface area (Å²) in [5, 5.41) is 10.8. The number of benzene rings is 3. The largest absolute Gasteiger partial charge is 0.478 e. The summed E-state index contributed by atoms with van der Waals surface area (Å²) in [6.07, 6.45) is -4.39. The number of carboxylic acid groups (broad SMARTS) is 1. The molecule has 0 atom stereocenters. The number of alkyl halides is 3. The van der Waals surface area contributed by atoms with Gasteiger partial charge in [0.15, 0.2) is 0 Å². The molecule has 4 aromatic rings. The van der Waals surface area contributed by atoms with Gasteiger partial charge >= 0.3 is 12.1 Å². The van der Waals surface area contributed by atoms with Crippen LogP contribution in [0.15, 0.2) is 66.7 Å². The Morgan fingerprint density at radius 2 is 1.50 bits per heavy atom. The molecule has 3 aromatic carbocycles. The van der Waals surface area contributed by atoms with E-state index in [0.29, 0.717) is 5.69 Å². The highest BCUT2D eigenvalue weighted by atomic mass is 19.4. The number of hydrogen-bond donors (Lipinski definition) is 1. The van der Waals surface area contributed by atoms with Crippen molar-refractivity contribution in [3.63, 3.8) is 0 Å². The van der Waals surface area contributed by atoms with E-state index >= 15 is 0 Å². The average Bonchev–Trinajstić information content (AvgIpc) is 2.95. The molecule has 0 aliphatic carbocycles. The number of carbonyl (C=O) groups is 1. The third-order valence-electron chi connectivity index (χ3n) is 4.37. The maximum atomic E-state index is 12.8. The van der Waals surface area contributed by atoms with Crippen molar-refractivity contribution >= 4 is 27.8 Å². The van der Waals surface area contributed by atoms with Crippen molar-refractivity contribution in [3.8, 4) is 5.69 Å². The third-order valence-corrected chi connectivity index (χ3v) is 4.37. The molecule has 0 radical (unpaired) electrons. The lowest BCUT2D eigenvalue weighted by atomic mass is 10.1. The van der Waals surface area contributed by atoms with E-state index < -0.39 is 17.7 Å². The molecule has 0 aliphatic heterocycles. The van der Waals surface area contributed by atoms with Gasteiger partial charge in [-0.3, -0.25) is 0 Å². The number of halogens is 3. The lowest BCUT2D eigenvalue weighted by molar-refractivity contribution is -0.137. The average molecular weight is 355 g/mol. The van der Waals surface area contributed by atoms with Crippen molar-refractivity contribution in [1.82, 2.24) is 4.57 Å².